The van der Waals surface area contributed by atoms with Gasteiger partial charge < -0.3 is 5.32 Å². The lowest BCUT2D eigenvalue weighted by Crippen LogP contribution is -2.05. The topological polar surface area (TPSA) is 37.8 Å². The highest BCUT2D eigenvalue weighted by molar-refractivity contribution is 6.33. The molecule has 3 nitrogen and oxygen atoms in total. The fourth-order valence-electron chi connectivity index (χ4n) is 2.17. The maximum atomic E-state index is 13.2. The lowest BCUT2D eigenvalue weighted by atomic mass is 10.1. The molecule has 3 rings (SSSR count). The van der Waals surface area contributed by atoms with E-state index in [2.05, 4.69) is 22.2 Å². The molecule has 1 N–H and O–H groups in total. The minimum atomic E-state index is -0.343. The van der Waals surface area contributed by atoms with E-state index in [0.717, 1.165) is 48.7 Å². The molecule has 0 atom stereocenters. The molecule has 1 heterocycles. The van der Waals surface area contributed by atoms with Gasteiger partial charge in [-0.3, -0.25) is 0 Å². The Balaban J connectivity index is 2.01. The highest BCUT2D eigenvalue weighted by Crippen LogP contribution is 2.39. The summed E-state index contributed by atoms with van der Waals surface area (Å²) >= 11 is 6.15. The van der Waals surface area contributed by atoms with Crippen LogP contribution in [0.4, 0.5) is 10.2 Å². The van der Waals surface area contributed by atoms with E-state index in [1.165, 1.54) is 12.1 Å². The largest absolute Gasteiger partial charge is 0.370 e. The van der Waals surface area contributed by atoms with Gasteiger partial charge in [0.05, 0.1) is 10.7 Å². The molecule has 0 radical (unpaired) electrons. The predicted octanol–water partition coefficient (Wildman–Crippen LogP) is 4.64. The zero-order valence-electron chi connectivity index (χ0n) is 11.9. The average Bonchev–Trinajstić information content (AvgIpc) is 3.29. The van der Waals surface area contributed by atoms with Gasteiger partial charge in [0.25, 0.3) is 0 Å². The van der Waals surface area contributed by atoms with Gasteiger partial charge in [-0.2, -0.15) is 0 Å². The van der Waals surface area contributed by atoms with Crippen molar-refractivity contribution in [1.29, 1.82) is 0 Å². The monoisotopic (exact) mass is 305 g/mol. The van der Waals surface area contributed by atoms with Crippen LogP contribution in [-0.4, -0.2) is 16.5 Å². The van der Waals surface area contributed by atoms with Crippen molar-refractivity contribution < 1.29 is 4.39 Å². The first-order valence-electron chi connectivity index (χ1n) is 7.25. The van der Waals surface area contributed by atoms with Gasteiger partial charge in [0.2, 0.25) is 0 Å². The van der Waals surface area contributed by atoms with Gasteiger partial charge in [-0.15, -0.1) is 0 Å². The summed E-state index contributed by atoms with van der Waals surface area (Å²) in [5.41, 5.74) is 1.48. The number of nitrogens with one attached hydrogen (secondary N) is 1. The van der Waals surface area contributed by atoms with Crippen molar-refractivity contribution in [3.8, 4) is 11.3 Å². The van der Waals surface area contributed by atoms with E-state index >= 15 is 0 Å². The van der Waals surface area contributed by atoms with Crippen LogP contribution in [0.5, 0.6) is 0 Å². The van der Waals surface area contributed by atoms with Crippen molar-refractivity contribution >= 4 is 17.4 Å². The number of hydrogen-bond acceptors (Lipinski definition) is 3. The number of anilines is 1. The summed E-state index contributed by atoms with van der Waals surface area (Å²) < 4.78 is 13.2. The van der Waals surface area contributed by atoms with Gasteiger partial charge in [-0.05, 0) is 37.5 Å². The third-order valence-corrected chi connectivity index (χ3v) is 3.76. The standard InChI is InChI=1S/C16H17ClFN3/c1-2-7-19-15-9-14(20-16(21-15)10-3-4-10)12-6-5-11(18)8-13(12)17/h5-6,8-10H,2-4,7H2,1H3,(H,19,20,21). The zero-order valence-corrected chi connectivity index (χ0v) is 12.6. The summed E-state index contributed by atoms with van der Waals surface area (Å²) in [6, 6.07) is 6.26. The van der Waals surface area contributed by atoms with Crippen LogP contribution in [-0.2, 0) is 0 Å². The van der Waals surface area contributed by atoms with Crippen LogP contribution in [0, 0.1) is 5.82 Å². The second-order valence-electron chi connectivity index (χ2n) is 5.32. The smallest absolute Gasteiger partial charge is 0.134 e. The molecule has 1 saturated carbocycles. The molecule has 1 aromatic carbocycles. The minimum Gasteiger partial charge on any atom is -0.370 e. The van der Waals surface area contributed by atoms with Crippen molar-refractivity contribution in [2.45, 2.75) is 32.1 Å². The Hall–Kier alpha value is -1.68. The van der Waals surface area contributed by atoms with Crippen LogP contribution in [0.15, 0.2) is 24.3 Å². The van der Waals surface area contributed by atoms with Gasteiger partial charge in [0.1, 0.15) is 17.5 Å². The fourth-order valence-corrected chi connectivity index (χ4v) is 2.43. The van der Waals surface area contributed by atoms with Crippen LogP contribution in [0.1, 0.15) is 37.9 Å². The van der Waals surface area contributed by atoms with Crippen molar-refractivity contribution in [1.82, 2.24) is 9.97 Å². The zero-order chi connectivity index (χ0) is 14.8. The number of aromatic nitrogens is 2. The predicted molar refractivity (Wildman–Crippen MR) is 83.2 cm³/mol. The van der Waals surface area contributed by atoms with E-state index in [4.69, 9.17) is 11.6 Å². The molecule has 0 spiro atoms. The summed E-state index contributed by atoms with van der Waals surface area (Å²) in [7, 11) is 0. The lowest BCUT2D eigenvalue weighted by Gasteiger charge is -2.10. The number of benzene rings is 1. The molecule has 110 valence electrons. The molecular weight excluding hydrogens is 289 g/mol. The van der Waals surface area contributed by atoms with E-state index in [9.17, 15) is 4.39 Å². The highest BCUT2D eigenvalue weighted by Gasteiger charge is 2.27. The SMILES string of the molecule is CCCNc1cc(-c2ccc(F)cc2Cl)nc(C2CC2)n1. The molecule has 0 amide bonds. The van der Waals surface area contributed by atoms with Gasteiger partial charge in [0.15, 0.2) is 0 Å². The van der Waals surface area contributed by atoms with Crippen LogP contribution in [0.25, 0.3) is 11.3 Å². The molecule has 0 bridgehead atoms. The fraction of sp³-hybridized carbons (Fsp3) is 0.375. The van der Waals surface area contributed by atoms with Crippen molar-refractivity contribution in [3.05, 3.63) is 40.9 Å². The number of hydrogen-bond donors (Lipinski definition) is 1. The molecule has 1 fully saturated rings. The maximum Gasteiger partial charge on any atom is 0.134 e. The summed E-state index contributed by atoms with van der Waals surface area (Å²) in [5.74, 6) is 1.77. The average molecular weight is 306 g/mol. The van der Waals surface area contributed by atoms with Crippen molar-refractivity contribution in [2.24, 2.45) is 0 Å². The third-order valence-electron chi connectivity index (χ3n) is 3.45. The molecule has 2 aromatic rings. The van der Waals surface area contributed by atoms with Gasteiger partial charge in [-0.1, -0.05) is 18.5 Å². The van der Waals surface area contributed by atoms with Crippen molar-refractivity contribution in [3.63, 3.8) is 0 Å². The van der Waals surface area contributed by atoms with Crippen LogP contribution in [0.2, 0.25) is 5.02 Å². The van der Waals surface area contributed by atoms with E-state index in [-0.39, 0.29) is 5.82 Å². The van der Waals surface area contributed by atoms with Crippen LogP contribution in [0.3, 0.4) is 0 Å². The summed E-state index contributed by atoms with van der Waals surface area (Å²) in [6.07, 6.45) is 3.29. The summed E-state index contributed by atoms with van der Waals surface area (Å²) in [5, 5.41) is 3.66. The Bertz CT molecular complexity index is 656. The van der Waals surface area contributed by atoms with Crippen LogP contribution < -0.4 is 5.32 Å². The summed E-state index contributed by atoms with van der Waals surface area (Å²) in [6.45, 7) is 2.96. The Labute approximate surface area is 128 Å². The first-order valence-corrected chi connectivity index (χ1v) is 7.63. The minimum absolute atomic E-state index is 0.343. The Morgan fingerprint density at radius 3 is 2.76 bits per heavy atom. The van der Waals surface area contributed by atoms with Crippen molar-refractivity contribution in [2.75, 3.05) is 11.9 Å². The quantitative estimate of drug-likeness (QED) is 0.874. The molecule has 1 aliphatic carbocycles. The normalized spacial score (nSPS) is 14.2. The lowest BCUT2D eigenvalue weighted by molar-refractivity contribution is 0.628. The first-order chi connectivity index (χ1) is 10.2. The molecular formula is C16H17ClFN3. The van der Waals surface area contributed by atoms with Gasteiger partial charge in [0, 0.05) is 24.1 Å². The van der Waals surface area contributed by atoms with E-state index in [1.54, 1.807) is 6.07 Å². The molecule has 0 saturated heterocycles. The molecule has 0 aliphatic heterocycles. The Morgan fingerprint density at radius 1 is 1.29 bits per heavy atom. The van der Waals surface area contributed by atoms with Gasteiger partial charge in [-0.25, -0.2) is 14.4 Å². The molecule has 0 unspecified atom stereocenters. The second-order valence-corrected chi connectivity index (χ2v) is 5.73. The summed E-state index contributed by atoms with van der Waals surface area (Å²) in [4.78, 5) is 9.17. The van der Waals surface area contributed by atoms with E-state index < -0.39 is 0 Å². The Kier molecular flexibility index (Phi) is 4.06. The molecule has 21 heavy (non-hydrogen) atoms. The first kappa shape index (κ1) is 14.3. The van der Waals surface area contributed by atoms with E-state index in [1.807, 2.05) is 6.07 Å². The second kappa shape index (κ2) is 5.98. The highest BCUT2D eigenvalue weighted by atomic mass is 35.5. The Morgan fingerprint density at radius 2 is 2.10 bits per heavy atom. The van der Waals surface area contributed by atoms with Crippen LogP contribution >= 0.6 is 11.6 Å². The third kappa shape index (κ3) is 3.32. The van der Waals surface area contributed by atoms with E-state index in [0.29, 0.717) is 10.9 Å². The molecule has 1 aromatic heterocycles. The number of nitrogens with zero attached hydrogens (tertiary/aromatic N) is 2. The molecule has 1 aliphatic rings. The molecule has 5 heteroatoms. The maximum absolute atomic E-state index is 13.2. The van der Waals surface area contributed by atoms with Gasteiger partial charge >= 0.3 is 0 Å². The number of rotatable bonds is 5. The number of halogens is 2.